The van der Waals surface area contributed by atoms with E-state index in [0.717, 1.165) is 0 Å². The summed E-state index contributed by atoms with van der Waals surface area (Å²) in [7, 11) is -4.43. The van der Waals surface area contributed by atoms with E-state index in [2.05, 4.69) is 0 Å². The van der Waals surface area contributed by atoms with Crippen molar-refractivity contribution in [2.24, 2.45) is 0 Å². The van der Waals surface area contributed by atoms with Crippen LogP contribution in [0.25, 0.3) is 0 Å². The highest BCUT2D eigenvalue weighted by molar-refractivity contribution is 7.60. The Labute approximate surface area is 218 Å². The summed E-state index contributed by atoms with van der Waals surface area (Å²) in [5, 5.41) is 11.7. The van der Waals surface area contributed by atoms with Gasteiger partial charge >= 0.3 is 24.1 Å². The first kappa shape index (κ1) is 29.5. The Morgan fingerprint density at radius 2 is 1.66 bits per heavy atom. The molecule has 0 spiro atoms. The summed E-state index contributed by atoms with van der Waals surface area (Å²) >= 11 is 0. The molecule has 1 saturated heterocycles. The van der Waals surface area contributed by atoms with E-state index in [1.165, 1.54) is 0 Å². The Morgan fingerprint density at radius 3 is 2.16 bits per heavy atom. The van der Waals surface area contributed by atoms with Crippen LogP contribution in [-0.4, -0.2) is 58.2 Å². The zero-order chi connectivity index (χ0) is 28.0. The Morgan fingerprint density at radius 1 is 1.08 bits per heavy atom. The van der Waals surface area contributed by atoms with Crippen LogP contribution >= 0.6 is 7.37 Å². The van der Waals surface area contributed by atoms with Crippen LogP contribution in [0.3, 0.4) is 0 Å². The van der Waals surface area contributed by atoms with E-state index in [4.69, 9.17) is 4.52 Å². The largest absolute Gasteiger partial charge is 0.521 e. The van der Waals surface area contributed by atoms with Gasteiger partial charge in [0, 0.05) is 12.8 Å². The summed E-state index contributed by atoms with van der Waals surface area (Å²) < 4.78 is 58.9. The SMILES string of the molecule is C[C@@H]1CCC[N+]1(C(=O)O)C(=O)CP(=O)(OCc1ccccc1)C(CCc1ccccc1)NC(=O)C(F)(F)F. The van der Waals surface area contributed by atoms with Gasteiger partial charge in [-0.25, -0.2) is 4.79 Å². The monoisotopic (exact) mass is 555 g/mol. The summed E-state index contributed by atoms with van der Waals surface area (Å²) in [4.78, 5) is 37.7. The molecule has 38 heavy (non-hydrogen) atoms. The van der Waals surface area contributed by atoms with Gasteiger partial charge in [-0.1, -0.05) is 60.7 Å². The number of hydrogen-bond acceptors (Lipinski definition) is 5. The topological polar surface area (TPSA) is 110 Å². The number of imide groups is 1. The minimum Gasteiger partial charge on any atom is -0.435 e. The van der Waals surface area contributed by atoms with Crippen molar-refractivity contribution in [3.63, 3.8) is 0 Å². The van der Waals surface area contributed by atoms with Gasteiger partial charge in [0.25, 0.3) is 0 Å². The van der Waals surface area contributed by atoms with Crippen molar-refractivity contribution in [2.45, 2.75) is 57.2 Å². The van der Waals surface area contributed by atoms with Crippen LogP contribution in [0.4, 0.5) is 18.0 Å². The Kier molecular flexibility index (Phi) is 9.51. The normalized spacial score (nSPS) is 21.8. The third-order valence-corrected chi connectivity index (χ3v) is 9.51. The van der Waals surface area contributed by atoms with Gasteiger partial charge in [-0.05, 0) is 30.9 Å². The molecule has 2 aromatic carbocycles. The van der Waals surface area contributed by atoms with E-state index in [1.807, 2.05) is 0 Å². The van der Waals surface area contributed by atoms with Crippen LogP contribution in [0.5, 0.6) is 0 Å². The number of quaternary nitrogens is 1. The first-order valence-corrected chi connectivity index (χ1v) is 14.1. The molecule has 1 aliphatic heterocycles. The van der Waals surface area contributed by atoms with Crippen LogP contribution in [-0.2, 0) is 31.7 Å². The maximum atomic E-state index is 14.4. The number of alkyl halides is 3. The van der Waals surface area contributed by atoms with Gasteiger partial charge in [-0.2, -0.15) is 22.4 Å². The molecule has 0 radical (unpaired) electrons. The molecule has 0 aromatic heterocycles. The van der Waals surface area contributed by atoms with Gasteiger partial charge < -0.3 is 14.9 Å². The third-order valence-electron chi connectivity index (χ3n) is 6.90. The number of likely N-dealkylation sites (tertiary alicyclic amines) is 1. The van der Waals surface area contributed by atoms with Crippen molar-refractivity contribution in [2.75, 3.05) is 12.7 Å². The molecule has 3 amide bonds. The molecule has 8 nitrogen and oxygen atoms in total. The smallest absolute Gasteiger partial charge is 0.435 e. The highest BCUT2D eigenvalue weighted by atomic mass is 31.2. The number of benzene rings is 2. The molecule has 12 heteroatoms. The molecule has 0 bridgehead atoms. The lowest BCUT2D eigenvalue weighted by Crippen LogP contribution is -2.59. The van der Waals surface area contributed by atoms with E-state index >= 15 is 0 Å². The molecule has 1 heterocycles. The fourth-order valence-electron chi connectivity index (χ4n) is 4.71. The average molecular weight is 556 g/mol. The molecule has 3 rings (SSSR count). The van der Waals surface area contributed by atoms with E-state index in [-0.39, 0.29) is 26.0 Å². The summed E-state index contributed by atoms with van der Waals surface area (Å²) in [6, 6.07) is 16.4. The number of nitrogens with zero attached hydrogens (tertiary/aromatic N) is 1. The fraction of sp³-hybridized carbons (Fsp3) is 0.423. The van der Waals surface area contributed by atoms with Gasteiger partial charge in [-0.3, -0.25) is 9.36 Å². The van der Waals surface area contributed by atoms with E-state index < -0.39 is 53.9 Å². The molecule has 1 aliphatic rings. The van der Waals surface area contributed by atoms with Crippen molar-refractivity contribution in [1.82, 2.24) is 5.32 Å². The molecule has 3 unspecified atom stereocenters. The first-order valence-electron chi connectivity index (χ1n) is 12.2. The zero-order valence-electron chi connectivity index (χ0n) is 20.9. The molecule has 2 aromatic rings. The summed E-state index contributed by atoms with van der Waals surface area (Å²) in [5.74, 6) is -4.93. The van der Waals surface area contributed by atoms with Crippen LogP contribution in [0.15, 0.2) is 60.7 Å². The van der Waals surface area contributed by atoms with Crippen LogP contribution in [0.1, 0.15) is 37.3 Å². The lowest BCUT2D eigenvalue weighted by molar-refractivity contribution is -0.791. The first-order chi connectivity index (χ1) is 17.9. The second kappa shape index (κ2) is 12.2. The number of hydrogen-bond donors (Lipinski definition) is 2. The third kappa shape index (κ3) is 6.89. The Bertz CT molecular complexity index is 1180. The predicted molar refractivity (Wildman–Crippen MR) is 133 cm³/mol. The minimum absolute atomic E-state index is 0.0301. The fourth-order valence-corrected chi connectivity index (χ4v) is 7.03. The second-order valence-electron chi connectivity index (χ2n) is 9.41. The van der Waals surface area contributed by atoms with Gasteiger partial charge in [0.05, 0.1) is 13.2 Å². The molecule has 0 aliphatic carbocycles. The molecule has 206 valence electrons. The minimum atomic E-state index is -5.27. The Hall–Kier alpha value is -3.01. The van der Waals surface area contributed by atoms with Crippen molar-refractivity contribution in [3.8, 4) is 0 Å². The van der Waals surface area contributed by atoms with Gasteiger partial charge in [0.2, 0.25) is 7.37 Å². The summed E-state index contributed by atoms with van der Waals surface area (Å²) in [6.07, 6.45) is -6.84. The number of rotatable bonds is 10. The highest BCUT2D eigenvalue weighted by Gasteiger charge is 2.56. The number of carbonyl (C=O) groups is 3. The van der Waals surface area contributed by atoms with Gasteiger partial charge in [0.1, 0.15) is 18.0 Å². The maximum absolute atomic E-state index is 14.4. The van der Waals surface area contributed by atoms with E-state index in [1.54, 1.807) is 72.9 Å². The Balaban J connectivity index is 1.98. The average Bonchev–Trinajstić information content (AvgIpc) is 3.28. The van der Waals surface area contributed by atoms with Crippen molar-refractivity contribution >= 4 is 25.3 Å². The molecule has 1 fully saturated rings. The molecule has 0 saturated carbocycles. The quantitative estimate of drug-likeness (QED) is 0.303. The summed E-state index contributed by atoms with van der Waals surface area (Å²) in [6.45, 7) is 1.25. The number of nitrogens with one attached hydrogen (secondary N) is 1. The standard InChI is InChI=1S/C26H30F3N2O6P/c1-19-9-8-16-31(19,25(34)35)23(32)18-38(36,37-17-21-12-6-3-7-13-21)22(30-24(33)26(27,28)29)15-14-20-10-4-2-5-11-20/h2-7,10-13,19,22H,8-9,14-18H2,1H3,(H-,30,33,34,35)/p+1/t19-,22?,31?,38?/m1/s1. The van der Waals surface area contributed by atoms with Crippen molar-refractivity contribution < 1.29 is 46.2 Å². The number of carboxylic acid groups (broad SMARTS) is 1. The number of aryl methyl sites for hydroxylation is 1. The zero-order valence-corrected chi connectivity index (χ0v) is 21.8. The lowest BCUT2D eigenvalue weighted by atomic mass is 10.1. The van der Waals surface area contributed by atoms with Crippen molar-refractivity contribution in [1.29, 1.82) is 0 Å². The van der Waals surface area contributed by atoms with Crippen LogP contribution in [0.2, 0.25) is 0 Å². The number of amides is 3. The lowest BCUT2D eigenvalue weighted by Gasteiger charge is -2.33. The maximum Gasteiger partial charge on any atom is 0.521 e. The van der Waals surface area contributed by atoms with Gasteiger partial charge in [-0.15, -0.1) is 0 Å². The molecular weight excluding hydrogens is 524 g/mol. The second-order valence-corrected chi connectivity index (χ2v) is 12.1. The number of carbonyl (C=O) groups excluding carboxylic acids is 2. The molecule has 2 N–H and O–H groups in total. The van der Waals surface area contributed by atoms with Crippen molar-refractivity contribution in [3.05, 3.63) is 71.8 Å². The van der Waals surface area contributed by atoms with E-state index in [9.17, 15) is 37.2 Å². The van der Waals surface area contributed by atoms with Crippen LogP contribution < -0.4 is 5.32 Å². The number of halogens is 3. The van der Waals surface area contributed by atoms with E-state index in [0.29, 0.717) is 24.0 Å². The molecule has 4 atom stereocenters. The molecular formula is C26H31F3N2O6P+. The summed E-state index contributed by atoms with van der Waals surface area (Å²) in [5.41, 5.74) is 1.25. The van der Waals surface area contributed by atoms with Crippen LogP contribution in [0, 0.1) is 0 Å². The van der Waals surface area contributed by atoms with Gasteiger partial charge in [0.15, 0.2) is 0 Å². The highest BCUT2D eigenvalue weighted by Crippen LogP contribution is 2.54. The predicted octanol–water partition coefficient (Wildman–Crippen LogP) is 5.32.